The van der Waals surface area contributed by atoms with Crippen LogP contribution in [0.4, 0.5) is 0 Å². The first-order chi connectivity index (χ1) is 11.1. The first kappa shape index (κ1) is 16.8. The van der Waals surface area contributed by atoms with Gasteiger partial charge < -0.3 is 19.9 Å². The molecule has 7 nitrogen and oxygen atoms in total. The molecule has 0 unspecified atom stereocenters. The minimum absolute atomic E-state index is 0.0233. The maximum absolute atomic E-state index is 11.7. The molecule has 0 bridgehead atoms. The van der Waals surface area contributed by atoms with E-state index in [0.29, 0.717) is 17.4 Å². The van der Waals surface area contributed by atoms with Crippen molar-refractivity contribution in [2.24, 2.45) is 0 Å². The van der Waals surface area contributed by atoms with E-state index in [2.05, 4.69) is 10.3 Å². The van der Waals surface area contributed by atoms with Crippen molar-refractivity contribution in [1.82, 2.24) is 10.3 Å². The average Bonchev–Trinajstić information content (AvgIpc) is 3.02. The molecular formula is C15H16N2O5S. The van der Waals surface area contributed by atoms with Gasteiger partial charge in [-0.1, -0.05) is 0 Å². The van der Waals surface area contributed by atoms with Crippen molar-refractivity contribution < 1.29 is 24.2 Å². The molecule has 1 aromatic carbocycles. The summed E-state index contributed by atoms with van der Waals surface area (Å²) in [5.74, 6) is -0.100. The zero-order chi connectivity index (χ0) is 16.7. The van der Waals surface area contributed by atoms with Gasteiger partial charge >= 0.3 is 5.97 Å². The Morgan fingerprint density at radius 1 is 1.22 bits per heavy atom. The van der Waals surface area contributed by atoms with Crippen molar-refractivity contribution in [3.63, 3.8) is 0 Å². The Labute approximate surface area is 136 Å². The van der Waals surface area contributed by atoms with Crippen LogP contribution < -0.4 is 14.8 Å². The highest BCUT2D eigenvalue weighted by molar-refractivity contribution is 7.09. The van der Waals surface area contributed by atoms with E-state index in [0.717, 1.165) is 5.75 Å². The molecule has 0 aliphatic heterocycles. The fourth-order valence-corrected chi connectivity index (χ4v) is 2.37. The second kappa shape index (κ2) is 8.14. The Balaban J connectivity index is 1.75. The number of hydrogen-bond donors (Lipinski definition) is 2. The van der Waals surface area contributed by atoms with E-state index in [9.17, 15) is 9.59 Å². The minimum Gasteiger partial charge on any atom is -0.494 e. The number of nitrogens with zero attached hydrogens (tertiary/aromatic N) is 1. The van der Waals surface area contributed by atoms with Gasteiger partial charge in [-0.25, -0.2) is 9.78 Å². The van der Waals surface area contributed by atoms with E-state index in [4.69, 9.17) is 14.6 Å². The second-order valence-electron chi connectivity index (χ2n) is 4.40. The number of thiazole rings is 1. The van der Waals surface area contributed by atoms with E-state index in [-0.39, 0.29) is 24.8 Å². The van der Waals surface area contributed by atoms with Gasteiger partial charge in [0.05, 0.1) is 13.2 Å². The van der Waals surface area contributed by atoms with Crippen LogP contribution in [-0.4, -0.2) is 35.2 Å². The molecule has 0 fully saturated rings. The van der Waals surface area contributed by atoms with Gasteiger partial charge in [-0.15, -0.1) is 11.3 Å². The van der Waals surface area contributed by atoms with Crippen LogP contribution in [-0.2, 0) is 11.3 Å². The minimum atomic E-state index is -1.09. The number of carbonyl (C=O) groups excluding carboxylic acids is 1. The molecule has 0 saturated heterocycles. The molecule has 0 atom stereocenters. The van der Waals surface area contributed by atoms with Crippen LogP contribution in [0.1, 0.15) is 22.4 Å². The van der Waals surface area contributed by atoms with Gasteiger partial charge in [-0.05, 0) is 31.2 Å². The van der Waals surface area contributed by atoms with Crippen molar-refractivity contribution in [3.05, 3.63) is 40.3 Å². The maximum atomic E-state index is 11.7. The monoisotopic (exact) mass is 336 g/mol. The van der Waals surface area contributed by atoms with E-state index in [1.807, 2.05) is 6.92 Å². The number of carboxylic acids is 1. The summed E-state index contributed by atoms with van der Waals surface area (Å²) in [6.45, 7) is 2.52. The van der Waals surface area contributed by atoms with Crippen LogP contribution in [0.3, 0.4) is 0 Å². The highest BCUT2D eigenvalue weighted by Crippen LogP contribution is 2.17. The fourth-order valence-electron chi connectivity index (χ4n) is 1.66. The zero-order valence-electron chi connectivity index (χ0n) is 12.4. The first-order valence-corrected chi connectivity index (χ1v) is 7.76. The SMILES string of the molecule is CCOc1ccc(OCC(=O)NCc2nc(C(=O)O)cs2)cc1. The highest BCUT2D eigenvalue weighted by Gasteiger charge is 2.09. The quantitative estimate of drug-likeness (QED) is 0.764. The summed E-state index contributed by atoms with van der Waals surface area (Å²) in [4.78, 5) is 26.3. The molecule has 0 aliphatic rings. The topological polar surface area (TPSA) is 97.8 Å². The van der Waals surface area contributed by atoms with E-state index < -0.39 is 5.97 Å². The largest absolute Gasteiger partial charge is 0.494 e. The van der Waals surface area contributed by atoms with Crippen LogP contribution >= 0.6 is 11.3 Å². The van der Waals surface area contributed by atoms with Gasteiger partial charge in [0.25, 0.3) is 5.91 Å². The van der Waals surface area contributed by atoms with Crippen LogP contribution in [0.2, 0.25) is 0 Å². The number of amides is 1. The van der Waals surface area contributed by atoms with Crippen molar-refractivity contribution in [2.75, 3.05) is 13.2 Å². The number of carbonyl (C=O) groups is 2. The Hall–Kier alpha value is -2.61. The number of benzene rings is 1. The molecule has 0 spiro atoms. The Kier molecular flexibility index (Phi) is 5.93. The average molecular weight is 336 g/mol. The molecule has 0 radical (unpaired) electrons. The fraction of sp³-hybridized carbons (Fsp3) is 0.267. The summed E-state index contributed by atoms with van der Waals surface area (Å²) in [6, 6.07) is 6.97. The first-order valence-electron chi connectivity index (χ1n) is 6.88. The molecule has 1 aromatic heterocycles. The van der Waals surface area contributed by atoms with Crippen LogP contribution in [0.15, 0.2) is 29.6 Å². The van der Waals surface area contributed by atoms with Crippen LogP contribution in [0.5, 0.6) is 11.5 Å². The van der Waals surface area contributed by atoms with Crippen molar-refractivity contribution >= 4 is 23.2 Å². The Morgan fingerprint density at radius 2 is 1.87 bits per heavy atom. The van der Waals surface area contributed by atoms with Crippen LogP contribution in [0.25, 0.3) is 0 Å². The summed E-state index contributed by atoms with van der Waals surface area (Å²) >= 11 is 1.18. The number of aromatic carboxylic acids is 1. The van der Waals surface area contributed by atoms with E-state index in [1.54, 1.807) is 24.3 Å². The third-order valence-electron chi connectivity index (χ3n) is 2.71. The lowest BCUT2D eigenvalue weighted by atomic mass is 10.3. The molecule has 1 amide bonds. The number of carboxylic acid groups (broad SMARTS) is 1. The molecule has 2 aromatic rings. The summed E-state index contributed by atoms with van der Waals surface area (Å²) < 4.78 is 10.7. The predicted molar refractivity (Wildman–Crippen MR) is 84.0 cm³/mol. The summed E-state index contributed by atoms with van der Waals surface area (Å²) in [5.41, 5.74) is -0.0233. The molecule has 122 valence electrons. The Bertz CT molecular complexity index is 669. The van der Waals surface area contributed by atoms with Gasteiger partial charge in [-0.3, -0.25) is 4.79 Å². The number of rotatable bonds is 8. The van der Waals surface area contributed by atoms with Crippen molar-refractivity contribution in [2.45, 2.75) is 13.5 Å². The number of ether oxygens (including phenoxy) is 2. The van der Waals surface area contributed by atoms with E-state index in [1.165, 1.54) is 16.7 Å². The summed E-state index contributed by atoms with van der Waals surface area (Å²) in [6.07, 6.45) is 0. The van der Waals surface area contributed by atoms with Gasteiger partial charge in [0.1, 0.15) is 16.5 Å². The second-order valence-corrected chi connectivity index (χ2v) is 5.34. The number of nitrogens with one attached hydrogen (secondary N) is 1. The van der Waals surface area contributed by atoms with Crippen molar-refractivity contribution in [1.29, 1.82) is 0 Å². The van der Waals surface area contributed by atoms with E-state index >= 15 is 0 Å². The van der Waals surface area contributed by atoms with Crippen molar-refractivity contribution in [3.8, 4) is 11.5 Å². The zero-order valence-corrected chi connectivity index (χ0v) is 13.3. The number of aromatic nitrogens is 1. The van der Waals surface area contributed by atoms with Crippen LogP contribution in [0, 0.1) is 0 Å². The lowest BCUT2D eigenvalue weighted by Gasteiger charge is -2.07. The smallest absolute Gasteiger partial charge is 0.355 e. The van der Waals surface area contributed by atoms with Gasteiger partial charge in [0, 0.05) is 5.38 Å². The normalized spacial score (nSPS) is 10.1. The molecular weight excluding hydrogens is 320 g/mol. The maximum Gasteiger partial charge on any atom is 0.355 e. The lowest BCUT2D eigenvalue weighted by Crippen LogP contribution is -2.28. The predicted octanol–water partition coefficient (Wildman–Crippen LogP) is 1.94. The van der Waals surface area contributed by atoms with Gasteiger partial charge in [0.2, 0.25) is 0 Å². The molecule has 0 saturated carbocycles. The van der Waals surface area contributed by atoms with Gasteiger partial charge in [-0.2, -0.15) is 0 Å². The molecule has 8 heteroatoms. The molecule has 1 heterocycles. The number of hydrogen-bond acceptors (Lipinski definition) is 6. The molecule has 2 rings (SSSR count). The molecule has 0 aliphatic carbocycles. The third kappa shape index (κ3) is 5.26. The Morgan fingerprint density at radius 3 is 2.43 bits per heavy atom. The van der Waals surface area contributed by atoms with Gasteiger partial charge in [0.15, 0.2) is 12.3 Å². The highest BCUT2D eigenvalue weighted by atomic mass is 32.1. The lowest BCUT2D eigenvalue weighted by molar-refractivity contribution is -0.123. The third-order valence-corrected chi connectivity index (χ3v) is 3.56. The summed E-state index contributed by atoms with van der Waals surface area (Å²) in [7, 11) is 0. The molecule has 23 heavy (non-hydrogen) atoms. The standard InChI is InChI=1S/C15H16N2O5S/c1-2-21-10-3-5-11(6-4-10)22-8-13(18)16-7-14-17-12(9-23-14)15(19)20/h3-6,9H,2,7-8H2,1H3,(H,16,18)(H,19,20). The molecule has 2 N–H and O–H groups in total. The summed E-state index contributed by atoms with van der Waals surface area (Å²) in [5, 5.41) is 13.3.